The lowest BCUT2D eigenvalue weighted by Crippen LogP contribution is -1.87. The third-order valence-corrected chi connectivity index (χ3v) is 2.84. The van der Waals surface area contributed by atoms with Crippen LogP contribution in [-0.4, -0.2) is 8.42 Å². The number of hydrogen-bond acceptors (Lipinski definition) is 4. The first-order valence-corrected chi connectivity index (χ1v) is 6.11. The fourth-order valence-electron chi connectivity index (χ4n) is 1.33. The molecule has 2 aromatic rings. The molecule has 0 fully saturated rings. The zero-order valence-electron chi connectivity index (χ0n) is 8.87. The van der Waals surface area contributed by atoms with Crippen LogP contribution >= 0.6 is 0 Å². The van der Waals surface area contributed by atoms with Gasteiger partial charge in [0.05, 0.1) is 4.90 Å². The van der Waals surface area contributed by atoms with E-state index in [1.165, 1.54) is 12.1 Å². The lowest BCUT2D eigenvalue weighted by atomic mass is 10.3. The second kappa shape index (κ2) is 4.88. The minimum Gasteiger partial charge on any atom is -0.457 e. The second-order valence-electron chi connectivity index (χ2n) is 3.43. The van der Waals surface area contributed by atoms with Crippen molar-refractivity contribution in [3.63, 3.8) is 0 Å². The predicted octanol–water partition coefficient (Wildman–Crippen LogP) is 2.03. The van der Waals surface area contributed by atoms with Crippen molar-refractivity contribution in [2.75, 3.05) is 5.73 Å². The fraction of sp³-hybridized carbons (Fsp3) is 0. The Morgan fingerprint density at radius 3 is 2.29 bits per heavy atom. The molecule has 0 saturated heterocycles. The van der Waals surface area contributed by atoms with Crippen molar-refractivity contribution in [3.8, 4) is 11.5 Å². The molecule has 0 aromatic heterocycles. The maximum absolute atomic E-state index is 10.8. The largest absolute Gasteiger partial charge is 0.457 e. The van der Waals surface area contributed by atoms with Crippen molar-refractivity contribution >= 4 is 16.4 Å². The maximum Gasteiger partial charge on any atom is 0.168 e. The smallest absolute Gasteiger partial charge is 0.168 e. The van der Waals surface area contributed by atoms with E-state index < -0.39 is 10.7 Å². The Morgan fingerprint density at radius 2 is 1.65 bits per heavy atom. The molecule has 0 unspecified atom stereocenters. The first kappa shape index (κ1) is 11.5. The van der Waals surface area contributed by atoms with Crippen LogP contribution in [-0.2, 0) is 10.7 Å². The van der Waals surface area contributed by atoms with Gasteiger partial charge in [0.15, 0.2) is 10.7 Å². The van der Waals surface area contributed by atoms with Crippen LogP contribution in [0.15, 0.2) is 53.4 Å². The molecule has 5 heteroatoms. The number of anilines is 1. The Labute approximate surface area is 101 Å². The van der Waals surface area contributed by atoms with Crippen molar-refractivity contribution in [3.05, 3.63) is 48.5 Å². The number of hydrogen-bond donors (Lipinski definition) is 2. The summed E-state index contributed by atoms with van der Waals surface area (Å²) in [6, 6.07) is 13.2. The van der Waals surface area contributed by atoms with Gasteiger partial charge in [-0.15, -0.1) is 0 Å². The number of nitrogen functional groups attached to an aromatic ring is 1. The average Bonchev–Trinajstić information content (AvgIpc) is 2.32. The Hall–Kier alpha value is -2.01. The topological polar surface area (TPSA) is 69.4 Å². The SMILES string of the molecule is Nc1ccc(Oc2cccc([SH](=O)=O)c2)cc1. The van der Waals surface area contributed by atoms with Crippen LogP contribution in [0.3, 0.4) is 0 Å². The van der Waals surface area contributed by atoms with E-state index in [4.69, 9.17) is 10.5 Å². The normalized spacial score (nSPS) is 10.4. The second-order valence-corrected chi connectivity index (χ2v) is 4.46. The molecule has 0 saturated carbocycles. The van der Waals surface area contributed by atoms with Crippen LogP contribution in [0.5, 0.6) is 11.5 Å². The lowest BCUT2D eigenvalue weighted by Gasteiger charge is -2.05. The summed E-state index contributed by atoms with van der Waals surface area (Å²) in [6.07, 6.45) is 0. The zero-order valence-corrected chi connectivity index (χ0v) is 9.76. The van der Waals surface area contributed by atoms with Gasteiger partial charge in [0.1, 0.15) is 11.5 Å². The van der Waals surface area contributed by atoms with E-state index in [0.717, 1.165) is 0 Å². The van der Waals surface area contributed by atoms with Gasteiger partial charge in [0.2, 0.25) is 0 Å². The number of ether oxygens (including phenoxy) is 1. The van der Waals surface area contributed by atoms with Gasteiger partial charge in [-0.1, -0.05) is 6.07 Å². The lowest BCUT2D eigenvalue weighted by molar-refractivity contribution is 0.481. The van der Waals surface area contributed by atoms with E-state index in [1.807, 2.05) is 0 Å². The Bertz CT molecular complexity index is 583. The van der Waals surface area contributed by atoms with Gasteiger partial charge in [-0.3, -0.25) is 0 Å². The highest BCUT2D eigenvalue weighted by molar-refractivity contribution is 7.72. The third-order valence-electron chi connectivity index (χ3n) is 2.14. The van der Waals surface area contributed by atoms with Crippen LogP contribution in [0.1, 0.15) is 0 Å². The molecule has 88 valence electrons. The number of thiol groups is 1. The van der Waals surface area contributed by atoms with Gasteiger partial charge in [0, 0.05) is 5.69 Å². The third kappa shape index (κ3) is 2.98. The van der Waals surface area contributed by atoms with E-state index in [0.29, 0.717) is 17.2 Å². The summed E-state index contributed by atoms with van der Waals surface area (Å²) in [5.41, 5.74) is 6.20. The quantitative estimate of drug-likeness (QED) is 0.645. The molecule has 0 atom stereocenters. The summed E-state index contributed by atoms with van der Waals surface area (Å²) < 4.78 is 27.1. The number of rotatable bonds is 3. The van der Waals surface area contributed by atoms with Crippen LogP contribution in [0.25, 0.3) is 0 Å². The monoisotopic (exact) mass is 249 g/mol. The van der Waals surface area contributed by atoms with Crippen LogP contribution in [0, 0.1) is 0 Å². The van der Waals surface area contributed by atoms with Crippen molar-refractivity contribution in [2.24, 2.45) is 0 Å². The van der Waals surface area contributed by atoms with Crippen LogP contribution in [0.2, 0.25) is 0 Å². The molecule has 0 aliphatic heterocycles. The van der Waals surface area contributed by atoms with Crippen molar-refractivity contribution in [1.82, 2.24) is 0 Å². The molecule has 0 heterocycles. The molecule has 0 aliphatic carbocycles. The van der Waals surface area contributed by atoms with Crippen molar-refractivity contribution in [1.29, 1.82) is 0 Å². The highest BCUT2D eigenvalue weighted by Gasteiger charge is 2.00. The molecule has 2 rings (SSSR count). The Morgan fingerprint density at radius 1 is 0.941 bits per heavy atom. The van der Waals surface area contributed by atoms with E-state index in [9.17, 15) is 8.42 Å². The van der Waals surface area contributed by atoms with E-state index in [2.05, 4.69) is 0 Å². The molecule has 2 N–H and O–H groups in total. The summed E-state index contributed by atoms with van der Waals surface area (Å²) in [5.74, 6) is 1.09. The molecule has 0 bridgehead atoms. The molecule has 4 nitrogen and oxygen atoms in total. The summed E-state index contributed by atoms with van der Waals surface area (Å²) in [5, 5.41) is 0. The highest BCUT2D eigenvalue weighted by atomic mass is 32.2. The predicted molar refractivity (Wildman–Crippen MR) is 66.0 cm³/mol. The van der Waals surface area contributed by atoms with Gasteiger partial charge in [-0.25, -0.2) is 8.42 Å². The fourth-order valence-corrected chi connectivity index (χ4v) is 1.77. The Balaban J connectivity index is 2.24. The molecule has 17 heavy (non-hydrogen) atoms. The minimum absolute atomic E-state index is 0.230. The molecule has 0 aliphatic rings. The van der Waals surface area contributed by atoms with E-state index >= 15 is 0 Å². The first-order chi connectivity index (χ1) is 8.15. The highest BCUT2D eigenvalue weighted by Crippen LogP contribution is 2.23. The van der Waals surface area contributed by atoms with Gasteiger partial charge in [-0.05, 0) is 42.5 Å². The molecule has 0 amide bonds. The maximum atomic E-state index is 10.8. The first-order valence-electron chi connectivity index (χ1n) is 4.93. The zero-order chi connectivity index (χ0) is 12.3. The molecular weight excluding hydrogens is 238 g/mol. The van der Waals surface area contributed by atoms with E-state index in [-0.39, 0.29) is 4.90 Å². The van der Waals surface area contributed by atoms with Crippen LogP contribution in [0.4, 0.5) is 5.69 Å². The van der Waals surface area contributed by atoms with Crippen molar-refractivity contribution in [2.45, 2.75) is 4.90 Å². The standard InChI is InChI=1S/C12H11NO3S/c13-9-4-6-10(7-5-9)16-11-2-1-3-12(8-11)17(14)15/h1-8,17H,13H2. The number of benzene rings is 2. The molecule has 0 spiro atoms. The molecule has 2 aromatic carbocycles. The summed E-state index contributed by atoms with van der Waals surface area (Å²) in [6.45, 7) is 0. The van der Waals surface area contributed by atoms with Gasteiger partial charge in [0.25, 0.3) is 0 Å². The molecular formula is C12H11NO3S. The minimum atomic E-state index is -2.59. The summed E-state index contributed by atoms with van der Waals surface area (Å²) in [4.78, 5) is 0.230. The van der Waals surface area contributed by atoms with Gasteiger partial charge >= 0.3 is 0 Å². The summed E-state index contributed by atoms with van der Waals surface area (Å²) >= 11 is 0. The van der Waals surface area contributed by atoms with Crippen molar-refractivity contribution < 1.29 is 13.2 Å². The summed E-state index contributed by atoms with van der Waals surface area (Å²) in [7, 11) is -2.59. The number of nitrogens with two attached hydrogens (primary N) is 1. The van der Waals surface area contributed by atoms with Crippen LogP contribution < -0.4 is 10.5 Å². The average molecular weight is 249 g/mol. The van der Waals surface area contributed by atoms with Gasteiger partial charge in [-0.2, -0.15) is 0 Å². The molecule has 0 radical (unpaired) electrons. The van der Waals surface area contributed by atoms with E-state index in [1.54, 1.807) is 36.4 Å². The Kier molecular flexibility index (Phi) is 3.30. The van der Waals surface area contributed by atoms with Gasteiger partial charge < -0.3 is 10.5 Å².